The summed E-state index contributed by atoms with van der Waals surface area (Å²) in [5.74, 6) is 1.94. The molecular weight excluding hydrogens is 633 g/mol. The molecule has 52 heavy (non-hydrogen) atoms. The Kier molecular flexibility index (Phi) is 6.80. The molecule has 1 aliphatic rings. The average Bonchev–Trinajstić information content (AvgIpc) is 3.67. The van der Waals surface area contributed by atoms with Crippen LogP contribution in [-0.4, -0.2) is 19.5 Å². The highest BCUT2D eigenvalue weighted by Gasteiger charge is 2.38. The fraction of sp³-hybridized carbons (Fsp3) is 0.0625. The molecule has 4 heteroatoms. The van der Waals surface area contributed by atoms with E-state index in [0.29, 0.717) is 17.5 Å². The van der Waals surface area contributed by atoms with Crippen LogP contribution in [0, 0.1) is 0 Å². The van der Waals surface area contributed by atoms with Crippen molar-refractivity contribution in [2.45, 2.75) is 19.3 Å². The SMILES string of the molecule is CC1(C)c2ccccc2-c2ccc3c(c21)c1ccccc1n3-c1ccc(-c2nc(-c3ccccc3)nc(-c3ccc(-c4ccccc4)cc3)n2)cc1. The third kappa shape index (κ3) is 4.72. The lowest BCUT2D eigenvalue weighted by atomic mass is 9.80. The molecule has 2 aromatic heterocycles. The number of rotatable bonds is 5. The number of aromatic nitrogens is 4. The molecule has 0 unspecified atom stereocenters. The van der Waals surface area contributed by atoms with Crippen LogP contribution in [0.5, 0.6) is 0 Å². The Balaban J connectivity index is 1.09. The van der Waals surface area contributed by atoms with E-state index >= 15 is 0 Å². The van der Waals surface area contributed by atoms with Crippen LogP contribution in [0.1, 0.15) is 25.0 Å². The Morgan fingerprint density at radius 1 is 0.404 bits per heavy atom. The second kappa shape index (κ2) is 11.7. The van der Waals surface area contributed by atoms with E-state index in [0.717, 1.165) is 27.9 Å². The lowest BCUT2D eigenvalue weighted by Crippen LogP contribution is -2.15. The van der Waals surface area contributed by atoms with Crippen molar-refractivity contribution in [3.05, 3.63) is 181 Å². The fourth-order valence-corrected chi connectivity index (χ4v) is 8.16. The molecular formula is C48H34N4. The van der Waals surface area contributed by atoms with E-state index < -0.39 is 0 Å². The molecule has 0 aliphatic heterocycles. The maximum atomic E-state index is 5.04. The highest BCUT2D eigenvalue weighted by atomic mass is 15.0. The molecule has 4 nitrogen and oxygen atoms in total. The summed E-state index contributed by atoms with van der Waals surface area (Å²) in [6, 6.07) is 59.9. The molecule has 10 rings (SSSR count). The highest BCUT2D eigenvalue weighted by Crippen LogP contribution is 2.53. The molecule has 0 spiro atoms. The number of benzene rings is 7. The van der Waals surface area contributed by atoms with Gasteiger partial charge in [0.2, 0.25) is 0 Å². The Labute approximate surface area is 302 Å². The van der Waals surface area contributed by atoms with Crippen molar-refractivity contribution in [2.24, 2.45) is 0 Å². The predicted octanol–water partition coefficient (Wildman–Crippen LogP) is 11.9. The number of hydrogen-bond donors (Lipinski definition) is 0. The van der Waals surface area contributed by atoms with Crippen LogP contribution in [0.4, 0.5) is 0 Å². The zero-order valence-electron chi connectivity index (χ0n) is 29.0. The van der Waals surface area contributed by atoms with Crippen LogP contribution >= 0.6 is 0 Å². The van der Waals surface area contributed by atoms with Crippen LogP contribution in [-0.2, 0) is 5.41 Å². The van der Waals surface area contributed by atoms with E-state index in [4.69, 9.17) is 15.0 Å². The summed E-state index contributed by atoms with van der Waals surface area (Å²) in [7, 11) is 0. The second-order valence-corrected chi connectivity index (χ2v) is 14.1. The van der Waals surface area contributed by atoms with Gasteiger partial charge in [0.05, 0.1) is 11.0 Å². The van der Waals surface area contributed by atoms with Gasteiger partial charge in [-0.1, -0.05) is 147 Å². The van der Waals surface area contributed by atoms with Crippen molar-refractivity contribution < 1.29 is 0 Å². The van der Waals surface area contributed by atoms with Crippen molar-refractivity contribution in [1.82, 2.24) is 19.5 Å². The van der Waals surface area contributed by atoms with Crippen LogP contribution in [0.25, 0.3) is 83.9 Å². The first kappa shape index (κ1) is 30.2. The van der Waals surface area contributed by atoms with E-state index in [1.807, 2.05) is 36.4 Å². The standard InChI is InChI=1S/C48H34N4/c1-48(2)40-19-11-9-17-37(40)38-29-30-42-43(44(38)48)39-18-10-12-20-41(39)52(42)36-27-25-35(26-28-36)47-50-45(33-15-7-4-8-16-33)49-46(51-47)34-23-21-32(22-24-34)31-13-5-3-6-14-31/h3-30H,1-2H3. The number of nitrogens with zero attached hydrogens (tertiary/aromatic N) is 4. The molecule has 1 aliphatic carbocycles. The Bertz CT molecular complexity index is 2780. The number of fused-ring (bicyclic) bond motifs is 7. The van der Waals surface area contributed by atoms with Gasteiger partial charge >= 0.3 is 0 Å². The van der Waals surface area contributed by atoms with Gasteiger partial charge in [-0.25, -0.2) is 15.0 Å². The topological polar surface area (TPSA) is 43.6 Å². The average molecular weight is 667 g/mol. The van der Waals surface area contributed by atoms with Gasteiger partial charge in [-0.2, -0.15) is 0 Å². The molecule has 0 radical (unpaired) electrons. The van der Waals surface area contributed by atoms with Gasteiger partial charge in [-0.05, 0) is 69.8 Å². The summed E-state index contributed by atoms with van der Waals surface area (Å²) in [5.41, 5.74) is 14.0. The minimum absolute atomic E-state index is 0.112. The summed E-state index contributed by atoms with van der Waals surface area (Å²) in [4.78, 5) is 15.0. The summed E-state index contributed by atoms with van der Waals surface area (Å²) in [6.07, 6.45) is 0. The van der Waals surface area contributed by atoms with Gasteiger partial charge in [0.1, 0.15) is 0 Å². The van der Waals surface area contributed by atoms with Gasteiger partial charge in [-0.3, -0.25) is 0 Å². The van der Waals surface area contributed by atoms with E-state index in [9.17, 15) is 0 Å². The van der Waals surface area contributed by atoms with Crippen LogP contribution < -0.4 is 0 Å². The Morgan fingerprint density at radius 2 is 0.904 bits per heavy atom. The van der Waals surface area contributed by atoms with Gasteiger partial charge in [0.15, 0.2) is 17.5 Å². The van der Waals surface area contributed by atoms with E-state index in [-0.39, 0.29) is 5.41 Å². The predicted molar refractivity (Wildman–Crippen MR) is 213 cm³/mol. The second-order valence-electron chi connectivity index (χ2n) is 14.1. The minimum atomic E-state index is -0.112. The van der Waals surface area contributed by atoms with Crippen LogP contribution in [0.2, 0.25) is 0 Å². The number of para-hydroxylation sites is 1. The first-order chi connectivity index (χ1) is 25.5. The molecule has 0 N–H and O–H groups in total. The fourth-order valence-electron chi connectivity index (χ4n) is 8.16. The maximum absolute atomic E-state index is 5.04. The van der Waals surface area contributed by atoms with Crippen LogP contribution in [0.3, 0.4) is 0 Å². The Morgan fingerprint density at radius 3 is 1.58 bits per heavy atom. The molecule has 0 saturated carbocycles. The minimum Gasteiger partial charge on any atom is -0.309 e. The highest BCUT2D eigenvalue weighted by molar-refractivity contribution is 6.14. The smallest absolute Gasteiger partial charge is 0.164 e. The molecule has 9 aromatic rings. The lowest BCUT2D eigenvalue weighted by Gasteiger charge is -2.22. The normalized spacial score (nSPS) is 13.0. The molecule has 0 bridgehead atoms. The van der Waals surface area contributed by atoms with Gasteiger partial charge < -0.3 is 4.57 Å². The quantitative estimate of drug-likeness (QED) is 0.184. The van der Waals surface area contributed by atoms with E-state index in [1.165, 1.54) is 49.6 Å². The molecule has 0 fully saturated rings. The first-order valence-electron chi connectivity index (χ1n) is 17.8. The molecule has 7 aromatic carbocycles. The summed E-state index contributed by atoms with van der Waals surface area (Å²) in [5, 5.41) is 2.60. The zero-order valence-corrected chi connectivity index (χ0v) is 29.0. The van der Waals surface area contributed by atoms with Crippen molar-refractivity contribution in [3.8, 4) is 62.1 Å². The third-order valence-corrected chi connectivity index (χ3v) is 10.7. The molecule has 0 atom stereocenters. The summed E-state index contributed by atoms with van der Waals surface area (Å²) in [6.45, 7) is 4.73. The van der Waals surface area contributed by atoms with Gasteiger partial charge in [-0.15, -0.1) is 0 Å². The van der Waals surface area contributed by atoms with Crippen molar-refractivity contribution in [2.75, 3.05) is 0 Å². The Hall–Kier alpha value is -6.65. The molecule has 0 amide bonds. The van der Waals surface area contributed by atoms with Gasteiger partial charge in [0, 0.05) is 38.6 Å². The maximum Gasteiger partial charge on any atom is 0.164 e. The number of hydrogen-bond acceptors (Lipinski definition) is 3. The summed E-state index contributed by atoms with van der Waals surface area (Å²) < 4.78 is 2.40. The molecule has 0 saturated heterocycles. The monoisotopic (exact) mass is 666 g/mol. The van der Waals surface area contributed by atoms with Crippen molar-refractivity contribution >= 4 is 21.8 Å². The van der Waals surface area contributed by atoms with E-state index in [2.05, 4.69) is 152 Å². The zero-order chi connectivity index (χ0) is 34.8. The van der Waals surface area contributed by atoms with Gasteiger partial charge in [0.25, 0.3) is 0 Å². The van der Waals surface area contributed by atoms with Crippen LogP contribution in [0.15, 0.2) is 170 Å². The molecule has 2 heterocycles. The largest absolute Gasteiger partial charge is 0.309 e. The molecule has 246 valence electrons. The van der Waals surface area contributed by atoms with E-state index in [1.54, 1.807) is 0 Å². The lowest BCUT2D eigenvalue weighted by molar-refractivity contribution is 0.666. The summed E-state index contributed by atoms with van der Waals surface area (Å²) >= 11 is 0. The van der Waals surface area contributed by atoms with Crippen molar-refractivity contribution in [3.63, 3.8) is 0 Å². The van der Waals surface area contributed by atoms with Crippen molar-refractivity contribution in [1.29, 1.82) is 0 Å². The first-order valence-corrected chi connectivity index (χ1v) is 17.8. The third-order valence-electron chi connectivity index (χ3n) is 10.7.